The summed E-state index contributed by atoms with van der Waals surface area (Å²) < 4.78 is 45.2. The number of nitrogens with zero attached hydrogens (tertiary/aromatic N) is 2. The number of benzene rings is 3. The van der Waals surface area contributed by atoms with Crippen molar-refractivity contribution >= 4 is 35.0 Å². The molecular formula is C32H36F3N5O5. The Morgan fingerprint density at radius 2 is 1.62 bits per heavy atom. The Hall–Kier alpha value is -4.78. The monoisotopic (exact) mass is 627 g/mol. The highest BCUT2D eigenvalue weighted by Crippen LogP contribution is 2.31. The van der Waals surface area contributed by atoms with Crippen LogP contribution in [0, 0.1) is 5.92 Å². The van der Waals surface area contributed by atoms with Gasteiger partial charge in [-0.15, -0.1) is 0 Å². The summed E-state index contributed by atoms with van der Waals surface area (Å²) in [5.41, 5.74) is 0.902. The van der Waals surface area contributed by atoms with Crippen molar-refractivity contribution in [1.82, 2.24) is 9.80 Å². The number of likely N-dealkylation sites (N-methyl/N-ethyl adjacent to an activating group) is 1. The minimum Gasteiger partial charge on any atom is -0.488 e. The molecule has 13 heteroatoms. The van der Waals surface area contributed by atoms with Crippen molar-refractivity contribution in [3.63, 3.8) is 0 Å². The molecule has 3 aromatic carbocycles. The number of fused-ring (bicyclic) bond motifs is 1. The van der Waals surface area contributed by atoms with Gasteiger partial charge in [0.1, 0.15) is 11.9 Å². The molecule has 0 aromatic heterocycles. The number of carbonyl (C=O) groups excluding carboxylic acids is 3. The molecule has 0 spiro atoms. The largest absolute Gasteiger partial charge is 0.488 e. The van der Waals surface area contributed by atoms with E-state index >= 15 is 0 Å². The van der Waals surface area contributed by atoms with Crippen LogP contribution < -0.4 is 20.7 Å². The van der Waals surface area contributed by atoms with Gasteiger partial charge < -0.3 is 35.6 Å². The molecule has 3 aromatic rings. The second-order valence-electron chi connectivity index (χ2n) is 11.0. The van der Waals surface area contributed by atoms with Crippen LogP contribution in [0.1, 0.15) is 25.0 Å². The number of rotatable bonds is 7. The molecule has 10 nitrogen and oxygen atoms in total. The summed E-state index contributed by atoms with van der Waals surface area (Å²) in [7, 11) is 1.53. The van der Waals surface area contributed by atoms with E-state index in [0.29, 0.717) is 22.7 Å². The Labute approximate surface area is 259 Å². The number of hydrogen-bond donors (Lipinski definition) is 4. The molecule has 240 valence electrons. The molecule has 0 fully saturated rings. The van der Waals surface area contributed by atoms with Crippen LogP contribution in [0.2, 0.25) is 0 Å². The van der Waals surface area contributed by atoms with E-state index in [-0.39, 0.29) is 43.6 Å². The summed E-state index contributed by atoms with van der Waals surface area (Å²) >= 11 is 0. The average Bonchev–Trinajstić information content (AvgIpc) is 3.04. The van der Waals surface area contributed by atoms with Crippen LogP contribution in [0.15, 0.2) is 72.8 Å². The Bertz CT molecular complexity index is 1490. The predicted molar refractivity (Wildman–Crippen MR) is 164 cm³/mol. The third-order valence-corrected chi connectivity index (χ3v) is 7.47. The van der Waals surface area contributed by atoms with E-state index in [0.717, 1.165) is 12.1 Å². The number of amides is 5. The number of halogens is 3. The highest BCUT2D eigenvalue weighted by molar-refractivity contribution is 6.00. The van der Waals surface area contributed by atoms with Gasteiger partial charge in [-0.2, -0.15) is 13.2 Å². The Kier molecular flexibility index (Phi) is 10.6. The summed E-state index contributed by atoms with van der Waals surface area (Å²) in [5.74, 6) is -0.151. The minimum absolute atomic E-state index is 0.0564. The van der Waals surface area contributed by atoms with Crippen LogP contribution in [0.4, 0.5) is 39.8 Å². The molecule has 0 unspecified atom stereocenters. The third-order valence-electron chi connectivity index (χ3n) is 7.47. The van der Waals surface area contributed by atoms with E-state index in [4.69, 9.17) is 4.74 Å². The summed E-state index contributed by atoms with van der Waals surface area (Å²) in [6.07, 6.45) is -5.17. The van der Waals surface area contributed by atoms with E-state index in [1.807, 2.05) is 13.0 Å². The molecule has 0 bridgehead atoms. The Morgan fingerprint density at radius 1 is 1.00 bits per heavy atom. The zero-order valence-corrected chi connectivity index (χ0v) is 25.1. The molecular weight excluding hydrogens is 591 g/mol. The molecule has 1 heterocycles. The first kappa shape index (κ1) is 33.1. The number of hydrogen-bond acceptors (Lipinski definition) is 5. The fourth-order valence-electron chi connectivity index (χ4n) is 4.85. The van der Waals surface area contributed by atoms with Gasteiger partial charge in [0.15, 0.2) is 0 Å². The maximum Gasteiger partial charge on any atom is 0.416 e. The molecule has 5 amide bonds. The van der Waals surface area contributed by atoms with E-state index < -0.39 is 35.9 Å². The molecule has 1 aliphatic heterocycles. The number of nitrogens with one attached hydrogen (secondary N) is 3. The van der Waals surface area contributed by atoms with E-state index in [1.165, 1.54) is 24.1 Å². The molecule has 0 radical (unpaired) electrons. The quantitative estimate of drug-likeness (QED) is 0.269. The van der Waals surface area contributed by atoms with Crippen LogP contribution in [-0.4, -0.2) is 71.8 Å². The normalized spacial score (nSPS) is 17.5. The van der Waals surface area contributed by atoms with Crippen LogP contribution in [0.25, 0.3) is 0 Å². The van der Waals surface area contributed by atoms with Crippen LogP contribution >= 0.6 is 0 Å². The van der Waals surface area contributed by atoms with Crippen molar-refractivity contribution in [3.8, 4) is 5.75 Å². The van der Waals surface area contributed by atoms with Crippen LogP contribution in [-0.2, 0) is 17.4 Å². The number of ether oxygens (including phenoxy) is 1. The second kappa shape index (κ2) is 14.3. The maximum absolute atomic E-state index is 13.4. The van der Waals surface area contributed by atoms with Gasteiger partial charge in [0.05, 0.1) is 31.2 Å². The lowest BCUT2D eigenvalue weighted by Gasteiger charge is -2.34. The Morgan fingerprint density at radius 3 is 2.27 bits per heavy atom. The van der Waals surface area contributed by atoms with Crippen molar-refractivity contribution in [2.75, 3.05) is 42.7 Å². The molecule has 1 aliphatic rings. The highest BCUT2D eigenvalue weighted by atomic mass is 19.4. The maximum atomic E-state index is 13.4. The van der Waals surface area contributed by atoms with Crippen molar-refractivity contribution in [2.24, 2.45) is 5.92 Å². The summed E-state index contributed by atoms with van der Waals surface area (Å²) in [6.45, 7) is 3.65. The Balaban J connectivity index is 1.53. The third kappa shape index (κ3) is 8.88. The average molecular weight is 628 g/mol. The number of para-hydroxylation sites is 1. The van der Waals surface area contributed by atoms with Crippen molar-refractivity contribution in [3.05, 3.63) is 83.9 Å². The first-order chi connectivity index (χ1) is 21.3. The molecule has 45 heavy (non-hydrogen) atoms. The van der Waals surface area contributed by atoms with Crippen molar-refractivity contribution in [2.45, 2.75) is 38.6 Å². The molecule has 0 saturated heterocycles. The van der Waals surface area contributed by atoms with E-state index in [9.17, 15) is 32.7 Å². The summed E-state index contributed by atoms with van der Waals surface area (Å²) in [6, 6.07) is 16.4. The molecule has 0 aliphatic carbocycles. The van der Waals surface area contributed by atoms with Crippen LogP contribution in [0.5, 0.6) is 5.75 Å². The highest BCUT2D eigenvalue weighted by Gasteiger charge is 2.32. The lowest BCUT2D eigenvalue weighted by Crippen LogP contribution is -2.48. The second-order valence-corrected chi connectivity index (χ2v) is 11.0. The van der Waals surface area contributed by atoms with Gasteiger partial charge in [-0.25, -0.2) is 9.59 Å². The zero-order valence-electron chi connectivity index (χ0n) is 25.1. The van der Waals surface area contributed by atoms with E-state index in [2.05, 4.69) is 16.0 Å². The van der Waals surface area contributed by atoms with Gasteiger partial charge in [0, 0.05) is 42.1 Å². The van der Waals surface area contributed by atoms with Gasteiger partial charge in [0.25, 0.3) is 0 Å². The van der Waals surface area contributed by atoms with Gasteiger partial charge >= 0.3 is 18.2 Å². The number of urea groups is 2. The van der Waals surface area contributed by atoms with Gasteiger partial charge in [0.2, 0.25) is 5.91 Å². The zero-order chi connectivity index (χ0) is 32.7. The molecule has 4 rings (SSSR count). The first-order valence-corrected chi connectivity index (χ1v) is 14.4. The number of alkyl halides is 3. The summed E-state index contributed by atoms with van der Waals surface area (Å²) in [5, 5.41) is 18.0. The molecule has 0 saturated carbocycles. The smallest absolute Gasteiger partial charge is 0.416 e. The van der Waals surface area contributed by atoms with Crippen LogP contribution in [0.3, 0.4) is 0 Å². The lowest BCUT2D eigenvalue weighted by atomic mass is 10.0. The number of aliphatic hydroxyl groups excluding tert-OH is 1. The van der Waals surface area contributed by atoms with Gasteiger partial charge in [-0.1, -0.05) is 25.1 Å². The SMILES string of the molecule is C[C@@H]1CN([C@H](C)CO)C(=O)Cc2cc(NC(=O)Nc3ccccc3)ccc2O[C@@H]1CN(C)C(=O)Nc1ccc(C(F)(F)F)cc1. The minimum atomic E-state index is -4.49. The number of carbonyl (C=O) groups is 3. The van der Waals surface area contributed by atoms with Crippen molar-refractivity contribution in [1.29, 1.82) is 0 Å². The number of aliphatic hydroxyl groups is 1. The summed E-state index contributed by atoms with van der Waals surface area (Å²) in [4.78, 5) is 41.9. The fourth-order valence-corrected chi connectivity index (χ4v) is 4.85. The standard InChI is InChI=1S/C32H36F3N5O5/c1-20-17-40(21(2)19-41)29(42)16-22-15-26(37-30(43)36-24-7-5-4-6-8-24)13-14-27(22)45-28(20)18-39(3)31(44)38-25-11-9-23(10-12-25)32(33,34)35/h4-15,20-21,28,41H,16-19H2,1-3H3,(H,38,44)(H2,36,37,43)/t20-,21-,28-/m1/s1. The van der Waals surface area contributed by atoms with Crippen molar-refractivity contribution < 1.29 is 37.4 Å². The predicted octanol–water partition coefficient (Wildman–Crippen LogP) is 5.66. The lowest BCUT2D eigenvalue weighted by molar-refractivity contribution is -0.137. The topological polar surface area (TPSA) is 123 Å². The van der Waals surface area contributed by atoms with Gasteiger partial charge in [-0.3, -0.25) is 4.79 Å². The first-order valence-electron chi connectivity index (χ1n) is 14.4. The molecule has 3 atom stereocenters. The van der Waals surface area contributed by atoms with E-state index in [1.54, 1.807) is 54.3 Å². The number of anilines is 3. The molecule has 4 N–H and O–H groups in total. The fraction of sp³-hybridized carbons (Fsp3) is 0.344. The van der Waals surface area contributed by atoms with Gasteiger partial charge in [-0.05, 0) is 61.5 Å².